The Labute approximate surface area is 181 Å². The topological polar surface area (TPSA) is 67.8 Å². The van der Waals surface area contributed by atoms with E-state index >= 15 is 0 Å². The molecule has 0 radical (unpaired) electrons. The second-order valence-electron chi connectivity index (χ2n) is 6.12. The smallest absolute Gasteiger partial charge is 0.343 e. The monoisotopic (exact) mass is 470 g/mol. The fourth-order valence-corrected chi connectivity index (χ4v) is 3.11. The lowest BCUT2D eigenvalue weighted by Crippen LogP contribution is -2.18. The Bertz CT molecular complexity index is 1100. The SMILES string of the molecule is Cc1cccc(C(=O)Oc2ccc(Br)cc2C=NNC(=O)c2ccccc2Cl)c1. The van der Waals surface area contributed by atoms with E-state index in [-0.39, 0.29) is 0 Å². The van der Waals surface area contributed by atoms with Crippen LogP contribution < -0.4 is 10.2 Å². The van der Waals surface area contributed by atoms with Crippen molar-refractivity contribution in [2.24, 2.45) is 5.10 Å². The Hall–Kier alpha value is -2.96. The molecule has 0 unspecified atom stereocenters. The molecule has 29 heavy (non-hydrogen) atoms. The number of carbonyl (C=O) groups excluding carboxylic acids is 2. The van der Waals surface area contributed by atoms with Gasteiger partial charge in [0.25, 0.3) is 5.91 Å². The zero-order chi connectivity index (χ0) is 20.8. The summed E-state index contributed by atoms with van der Waals surface area (Å²) < 4.78 is 6.29. The summed E-state index contributed by atoms with van der Waals surface area (Å²) in [4.78, 5) is 24.6. The van der Waals surface area contributed by atoms with Gasteiger partial charge < -0.3 is 4.74 Å². The quantitative estimate of drug-likeness (QED) is 0.235. The largest absolute Gasteiger partial charge is 0.422 e. The molecule has 3 rings (SSSR count). The molecule has 0 heterocycles. The van der Waals surface area contributed by atoms with Gasteiger partial charge >= 0.3 is 5.97 Å². The summed E-state index contributed by atoms with van der Waals surface area (Å²) in [5.41, 5.74) is 4.65. The average Bonchev–Trinajstić information content (AvgIpc) is 2.70. The van der Waals surface area contributed by atoms with Crippen molar-refractivity contribution in [2.75, 3.05) is 0 Å². The number of hydrogen-bond acceptors (Lipinski definition) is 4. The van der Waals surface area contributed by atoms with Crippen LogP contribution in [-0.2, 0) is 0 Å². The summed E-state index contributed by atoms with van der Waals surface area (Å²) >= 11 is 9.39. The predicted octanol–water partition coefficient (Wildman–Crippen LogP) is 5.39. The van der Waals surface area contributed by atoms with Gasteiger partial charge in [0.1, 0.15) is 5.75 Å². The Morgan fingerprint density at radius 3 is 2.62 bits per heavy atom. The number of carbonyl (C=O) groups is 2. The summed E-state index contributed by atoms with van der Waals surface area (Å²) in [6.45, 7) is 1.90. The van der Waals surface area contributed by atoms with Gasteiger partial charge in [-0.1, -0.05) is 57.4 Å². The molecule has 146 valence electrons. The number of ether oxygens (including phenoxy) is 1. The highest BCUT2D eigenvalue weighted by Gasteiger charge is 2.12. The first-order valence-electron chi connectivity index (χ1n) is 8.60. The molecule has 0 aliphatic heterocycles. The molecule has 7 heteroatoms. The van der Waals surface area contributed by atoms with E-state index in [9.17, 15) is 9.59 Å². The van der Waals surface area contributed by atoms with E-state index in [1.54, 1.807) is 60.7 Å². The first kappa shape index (κ1) is 20.8. The van der Waals surface area contributed by atoms with E-state index < -0.39 is 11.9 Å². The molecule has 0 aliphatic carbocycles. The van der Waals surface area contributed by atoms with Gasteiger partial charge in [0.2, 0.25) is 0 Å². The number of halogens is 2. The molecule has 0 spiro atoms. The molecule has 0 atom stereocenters. The van der Waals surface area contributed by atoms with Crippen LogP contribution in [0, 0.1) is 6.92 Å². The Morgan fingerprint density at radius 1 is 1.07 bits per heavy atom. The number of aryl methyl sites for hydroxylation is 1. The summed E-state index contributed by atoms with van der Waals surface area (Å²) in [7, 11) is 0. The molecular weight excluding hydrogens is 456 g/mol. The molecule has 0 bridgehead atoms. The van der Waals surface area contributed by atoms with E-state index in [2.05, 4.69) is 26.5 Å². The van der Waals surface area contributed by atoms with Gasteiger partial charge in [-0.15, -0.1) is 0 Å². The normalized spacial score (nSPS) is 10.7. The summed E-state index contributed by atoms with van der Waals surface area (Å²) in [5, 5.41) is 4.29. The minimum atomic E-state index is -0.481. The first-order chi connectivity index (χ1) is 13.9. The Kier molecular flexibility index (Phi) is 6.80. The van der Waals surface area contributed by atoms with Crippen LogP contribution in [0.15, 0.2) is 76.3 Å². The summed E-state index contributed by atoms with van der Waals surface area (Å²) in [6.07, 6.45) is 1.40. The van der Waals surface area contributed by atoms with Crippen molar-refractivity contribution in [2.45, 2.75) is 6.92 Å². The van der Waals surface area contributed by atoms with Crippen LogP contribution >= 0.6 is 27.5 Å². The maximum Gasteiger partial charge on any atom is 0.343 e. The van der Waals surface area contributed by atoms with Gasteiger partial charge in [0.15, 0.2) is 0 Å². The molecule has 0 saturated carbocycles. The number of nitrogens with zero attached hydrogens (tertiary/aromatic N) is 1. The van der Waals surface area contributed by atoms with Crippen molar-refractivity contribution in [3.05, 3.63) is 98.5 Å². The van der Waals surface area contributed by atoms with Crippen LogP contribution in [0.4, 0.5) is 0 Å². The van der Waals surface area contributed by atoms with Crippen molar-refractivity contribution in [1.29, 1.82) is 0 Å². The van der Waals surface area contributed by atoms with Crippen LogP contribution in [0.3, 0.4) is 0 Å². The van der Waals surface area contributed by atoms with Crippen LogP contribution in [0.5, 0.6) is 5.75 Å². The molecule has 5 nitrogen and oxygen atoms in total. The fraction of sp³-hybridized carbons (Fsp3) is 0.0455. The second kappa shape index (κ2) is 9.49. The highest BCUT2D eigenvalue weighted by atomic mass is 79.9. The molecular formula is C22H16BrClN2O3. The molecule has 0 aromatic heterocycles. The van der Waals surface area contributed by atoms with E-state index in [1.165, 1.54) is 6.21 Å². The number of esters is 1. The lowest BCUT2D eigenvalue weighted by molar-refractivity contribution is 0.0734. The molecule has 0 fully saturated rings. The molecule has 0 aliphatic rings. The number of rotatable bonds is 5. The lowest BCUT2D eigenvalue weighted by atomic mass is 10.1. The fourth-order valence-electron chi connectivity index (χ4n) is 2.51. The van der Waals surface area contributed by atoms with Gasteiger partial charge in [-0.2, -0.15) is 5.10 Å². The van der Waals surface area contributed by atoms with E-state index in [4.69, 9.17) is 16.3 Å². The van der Waals surface area contributed by atoms with Crippen LogP contribution in [0.25, 0.3) is 0 Å². The number of benzene rings is 3. The van der Waals surface area contributed by atoms with Gasteiger partial charge in [-0.05, 0) is 49.4 Å². The molecule has 1 amide bonds. The Morgan fingerprint density at radius 2 is 1.86 bits per heavy atom. The summed E-state index contributed by atoms with van der Waals surface area (Å²) in [6, 6.07) is 18.9. The van der Waals surface area contributed by atoms with Crippen molar-refractivity contribution in [3.63, 3.8) is 0 Å². The molecule has 3 aromatic rings. The van der Waals surface area contributed by atoms with Gasteiger partial charge in [0.05, 0.1) is 22.4 Å². The number of hydrogen-bond donors (Lipinski definition) is 1. The maximum absolute atomic E-state index is 12.4. The average molecular weight is 472 g/mol. The molecule has 0 saturated heterocycles. The third-order valence-electron chi connectivity index (χ3n) is 3.92. The van der Waals surface area contributed by atoms with E-state index in [1.807, 2.05) is 13.0 Å². The third-order valence-corrected chi connectivity index (χ3v) is 4.74. The standard InChI is InChI=1S/C22H16BrClN2O3/c1-14-5-4-6-15(11-14)22(28)29-20-10-9-17(23)12-16(20)13-25-26-21(27)18-7-2-3-8-19(18)24/h2-13H,1H3,(H,26,27). The van der Waals surface area contributed by atoms with Crippen LogP contribution in [0.1, 0.15) is 31.8 Å². The zero-order valence-corrected chi connectivity index (χ0v) is 17.7. The van der Waals surface area contributed by atoms with Gasteiger partial charge in [-0.25, -0.2) is 10.2 Å². The number of hydrazone groups is 1. The molecule has 1 N–H and O–H groups in total. The highest BCUT2D eigenvalue weighted by Crippen LogP contribution is 2.23. The van der Waals surface area contributed by atoms with Crippen molar-refractivity contribution in [1.82, 2.24) is 5.43 Å². The zero-order valence-electron chi connectivity index (χ0n) is 15.4. The lowest BCUT2D eigenvalue weighted by Gasteiger charge is -2.08. The van der Waals surface area contributed by atoms with Crippen LogP contribution in [-0.4, -0.2) is 18.1 Å². The third kappa shape index (κ3) is 5.53. The highest BCUT2D eigenvalue weighted by molar-refractivity contribution is 9.10. The predicted molar refractivity (Wildman–Crippen MR) is 117 cm³/mol. The van der Waals surface area contributed by atoms with Gasteiger partial charge in [-0.3, -0.25) is 4.79 Å². The van der Waals surface area contributed by atoms with Crippen molar-refractivity contribution < 1.29 is 14.3 Å². The van der Waals surface area contributed by atoms with Crippen molar-refractivity contribution >= 4 is 45.6 Å². The van der Waals surface area contributed by atoms with E-state index in [0.29, 0.717) is 27.5 Å². The first-order valence-corrected chi connectivity index (χ1v) is 9.77. The van der Waals surface area contributed by atoms with Crippen molar-refractivity contribution in [3.8, 4) is 5.75 Å². The van der Waals surface area contributed by atoms with E-state index in [0.717, 1.165) is 10.0 Å². The maximum atomic E-state index is 12.4. The number of nitrogens with one attached hydrogen (secondary N) is 1. The minimum absolute atomic E-state index is 0.312. The minimum Gasteiger partial charge on any atom is -0.422 e. The van der Waals surface area contributed by atoms with Gasteiger partial charge in [0, 0.05) is 10.0 Å². The van der Waals surface area contributed by atoms with Crippen LogP contribution in [0.2, 0.25) is 5.02 Å². The Balaban J connectivity index is 1.76. The number of amides is 1. The molecule has 3 aromatic carbocycles. The summed E-state index contributed by atoms with van der Waals surface area (Å²) in [5.74, 6) is -0.610. The second-order valence-corrected chi connectivity index (χ2v) is 7.44.